The summed E-state index contributed by atoms with van der Waals surface area (Å²) < 4.78 is 5.27. The molecule has 0 bridgehead atoms. The average Bonchev–Trinajstić information content (AvgIpc) is 3.43. The molecule has 1 N–H and O–H groups in total. The van der Waals surface area contributed by atoms with Crippen LogP contribution in [-0.4, -0.2) is 46.0 Å². The molecule has 1 unspecified atom stereocenters. The number of aromatic nitrogens is 2. The van der Waals surface area contributed by atoms with Gasteiger partial charge in [0, 0.05) is 37.5 Å². The molecule has 0 spiro atoms. The van der Waals surface area contributed by atoms with Crippen LogP contribution >= 0.6 is 0 Å². The van der Waals surface area contributed by atoms with E-state index in [0.717, 1.165) is 18.4 Å². The maximum atomic E-state index is 12.4. The summed E-state index contributed by atoms with van der Waals surface area (Å²) in [6, 6.07) is 9.91. The molecule has 1 aromatic heterocycles. The van der Waals surface area contributed by atoms with Crippen molar-refractivity contribution in [2.24, 2.45) is 5.92 Å². The van der Waals surface area contributed by atoms with Crippen molar-refractivity contribution in [2.75, 3.05) is 13.1 Å². The van der Waals surface area contributed by atoms with E-state index in [1.165, 1.54) is 12.8 Å². The van der Waals surface area contributed by atoms with E-state index < -0.39 is 0 Å². The minimum atomic E-state index is -0.247. The summed E-state index contributed by atoms with van der Waals surface area (Å²) >= 11 is 0. The molecule has 2 heterocycles. The molecule has 1 aromatic carbocycles. The molecule has 1 atom stereocenters. The molecule has 0 radical (unpaired) electrons. The van der Waals surface area contributed by atoms with Crippen LogP contribution in [0.2, 0.25) is 0 Å². The lowest BCUT2D eigenvalue weighted by molar-refractivity contribution is -0.130. The van der Waals surface area contributed by atoms with Crippen LogP contribution in [0.1, 0.15) is 37.9 Å². The van der Waals surface area contributed by atoms with Gasteiger partial charge in [-0.05, 0) is 25.0 Å². The zero-order valence-electron chi connectivity index (χ0n) is 15.3. The zero-order valence-corrected chi connectivity index (χ0v) is 15.3. The number of hydrogen-bond acceptors (Lipinski definition) is 5. The van der Waals surface area contributed by atoms with E-state index in [9.17, 15) is 9.59 Å². The van der Waals surface area contributed by atoms with E-state index in [0.29, 0.717) is 43.7 Å². The van der Waals surface area contributed by atoms with Gasteiger partial charge in [-0.15, -0.1) is 0 Å². The molecule has 2 fully saturated rings. The molecule has 1 aliphatic carbocycles. The Morgan fingerprint density at radius 2 is 2.00 bits per heavy atom. The molecule has 27 heavy (non-hydrogen) atoms. The number of carbonyl (C=O) groups excluding carboxylic acids is 2. The SMILES string of the molecule is O=C(NCCc1noc(-c2ccccc2)n1)C1CC(=O)N(C2CCCC2)C1. The van der Waals surface area contributed by atoms with E-state index >= 15 is 0 Å². The predicted octanol–water partition coefficient (Wildman–Crippen LogP) is 2.19. The maximum Gasteiger partial charge on any atom is 0.257 e. The van der Waals surface area contributed by atoms with Crippen molar-refractivity contribution in [3.8, 4) is 11.5 Å². The summed E-state index contributed by atoms with van der Waals surface area (Å²) in [6.45, 7) is 0.983. The number of nitrogens with one attached hydrogen (secondary N) is 1. The van der Waals surface area contributed by atoms with Crippen molar-refractivity contribution in [3.63, 3.8) is 0 Å². The third kappa shape index (κ3) is 4.02. The van der Waals surface area contributed by atoms with Crippen molar-refractivity contribution in [1.82, 2.24) is 20.4 Å². The third-order valence-corrected chi connectivity index (χ3v) is 5.43. The van der Waals surface area contributed by atoms with Gasteiger partial charge in [-0.1, -0.05) is 36.2 Å². The number of hydrogen-bond donors (Lipinski definition) is 1. The van der Waals surface area contributed by atoms with Gasteiger partial charge in [-0.25, -0.2) is 0 Å². The summed E-state index contributed by atoms with van der Waals surface area (Å²) in [7, 11) is 0. The number of benzene rings is 1. The van der Waals surface area contributed by atoms with E-state index in [2.05, 4.69) is 15.5 Å². The van der Waals surface area contributed by atoms with Crippen molar-refractivity contribution in [3.05, 3.63) is 36.2 Å². The smallest absolute Gasteiger partial charge is 0.257 e. The Bertz CT molecular complexity index is 799. The summed E-state index contributed by atoms with van der Waals surface area (Å²) in [4.78, 5) is 30.9. The molecule has 1 saturated heterocycles. The Morgan fingerprint density at radius 3 is 2.78 bits per heavy atom. The van der Waals surface area contributed by atoms with E-state index in [1.54, 1.807) is 0 Å². The molecule has 142 valence electrons. The van der Waals surface area contributed by atoms with Gasteiger partial charge in [-0.3, -0.25) is 9.59 Å². The summed E-state index contributed by atoms with van der Waals surface area (Å²) in [6.07, 6.45) is 5.32. The lowest BCUT2D eigenvalue weighted by Crippen LogP contribution is -2.37. The highest BCUT2D eigenvalue weighted by atomic mass is 16.5. The zero-order chi connectivity index (χ0) is 18.6. The number of nitrogens with zero attached hydrogens (tertiary/aromatic N) is 3. The molecule has 2 aromatic rings. The number of likely N-dealkylation sites (tertiary alicyclic amines) is 1. The Morgan fingerprint density at radius 1 is 1.22 bits per heavy atom. The molecule has 4 rings (SSSR count). The highest BCUT2D eigenvalue weighted by molar-refractivity contribution is 5.89. The molecule has 2 amide bonds. The fraction of sp³-hybridized carbons (Fsp3) is 0.500. The van der Waals surface area contributed by atoms with Crippen LogP contribution in [0.4, 0.5) is 0 Å². The molecular weight excluding hydrogens is 344 g/mol. The van der Waals surface area contributed by atoms with Gasteiger partial charge in [0.2, 0.25) is 11.8 Å². The largest absolute Gasteiger partial charge is 0.355 e. The second kappa shape index (κ2) is 7.90. The topological polar surface area (TPSA) is 88.3 Å². The minimum Gasteiger partial charge on any atom is -0.355 e. The lowest BCUT2D eigenvalue weighted by Gasteiger charge is -2.23. The number of carbonyl (C=O) groups is 2. The molecule has 7 heteroatoms. The van der Waals surface area contributed by atoms with Gasteiger partial charge in [0.15, 0.2) is 5.82 Å². The number of rotatable bonds is 6. The van der Waals surface area contributed by atoms with Crippen LogP contribution in [0, 0.1) is 5.92 Å². The first-order valence-corrected chi connectivity index (χ1v) is 9.66. The highest BCUT2D eigenvalue weighted by Gasteiger charge is 2.38. The van der Waals surface area contributed by atoms with E-state index in [1.807, 2.05) is 35.2 Å². The van der Waals surface area contributed by atoms with E-state index in [-0.39, 0.29) is 17.7 Å². The second-order valence-corrected chi connectivity index (χ2v) is 7.31. The van der Waals surface area contributed by atoms with Gasteiger partial charge in [-0.2, -0.15) is 4.98 Å². The normalized spacial score (nSPS) is 20.4. The fourth-order valence-electron chi connectivity index (χ4n) is 3.97. The Kier molecular flexibility index (Phi) is 5.18. The molecule has 7 nitrogen and oxygen atoms in total. The summed E-state index contributed by atoms with van der Waals surface area (Å²) in [5.41, 5.74) is 0.872. The summed E-state index contributed by atoms with van der Waals surface area (Å²) in [5.74, 6) is 0.848. The Labute approximate surface area is 158 Å². The monoisotopic (exact) mass is 368 g/mol. The van der Waals surface area contributed by atoms with Crippen LogP contribution in [-0.2, 0) is 16.0 Å². The fourth-order valence-corrected chi connectivity index (χ4v) is 3.97. The van der Waals surface area contributed by atoms with Gasteiger partial charge < -0.3 is 14.7 Å². The predicted molar refractivity (Wildman–Crippen MR) is 98.5 cm³/mol. The lowest BCUT2D eigenvalue weighted by atomic mass is 10.1. The van der Waals surface area contributed by atoms with Crippen molar-refractivity contribution in [1.29, 1.82) is 0 Å². The Hall–Kier alpha value is -2.70. The highest BCUT2D eigenvalue weighted by Crippen LogP contribution is 2.29. The van der Waals surface area contributed by atoms with Crippen molar-refractivity contribution >= 4 is 11.8 Å². The van der Waals surface area contributed by atoms with Gasteiger partial charge in [0.1, 0.15) is 0 Å². The van der Waals surface area contributed by atoms with Gasteiger partial charge in [0.05, 0.1) is 5.92 Å². The maximum absolute atomic E-state index is 12.4. The summed E-state index contributed by atoms with van der Waals surface area (Å²) in [5, 5.41) is 6.88. The minimum absolute atomic E-state index is 0.0596. The first kappa shape index (κ1) is 17.7. The van der Waals surface area contributed by atoms with Crippen LogP contribution in [0.5, 0.6) is 0 Å². The number of amides is 2. The van der Waals surface area contributed by atoms with Crippen LogP contribution in [0.15, 0.2) is 34.9 Å². The van der Waals surface area contributed by atoms with Crippen molar-refractivity contribution in [2.45, 2.75) is 44.6 Å². The first-order chi connectivity index (χ1) is 13.2. The first-order valence-electron chi connectivity index (χ1n) is 9.66. The van der Waals surface area contributed by atoms with Crippen LogP contribution in [0.25, 0.3) is 11.5 Å². The van der Waals surface area contributed by atoms with Crippen molar-refractivity contribution < 1.29 is 14.1 Å². The molecule has 1 saturated carbocycles. The standard InChI is InChI=1S/C20H24N4O3/c25-18-12-15(13-24(18)16-8-4-5-9-16)19(26)21-11-10-17-22-20(27-23-17)14-6-2-1-3-7-14/h1-3,6-7,15-16H,4-5,8-13H2,(H,21,26). The molecular formula is C20H24N4O3. The van der Waals surface area contributed by atoms with Gasteiger partial charge in [0.25, 0.3) is 5.89 Å². The third-order valence-electron chi connectivity index (χ3n) is 5.43. The second-order valence-electron chi connectivity index (χ2n) is 7.31. The van der Waals surface area contributed by atoms with Crippen LogP contribution in [0.3, 0.4) is 0 Å². The van der Waals surface area contributed by atoms with Gasteiger partial charge >= 0.3 is 0 Å². The van der Waals surface area contributed by atoms with E-state index in [4.69, 9.17) is 4.52 Å². The molecule has 1 aliphatic heterocycles. The average molecular weight is 368 g/mol. The Balaban J connectivity index is 1.25. The quantitative estimate of drug-likeness (QED) is 0.844. The van der Waals surface area contributed by atoms with Crippen LogP contribution < -0.4 is 5.32 Å². The molecule has 2 aliphatic rings.